The Balaban J connectivity index is 1.95. The van der Waals surface area contributed by atoms with E-state index in [2.05, 4.69) is 34.7 Å². The standard InChI is InChI=1S/C18H24BrNO/c1-18(2,14-20-12-4-3-5-13-20)17(21)11-8-15-6-9-16(19)10-7-15/h6-11H,3-5,12-14H2,1-2H3/b11-8-. The number of carbonyl (C=O) groups is 1. The van der Waals surface area contributed by atoms with Gasteiger partial charge in [-0.3, -0.25) is 4.79 Å². The third-order valence-electron chi connectivity index (χ3n) is 4.03. The van der Waals surface area contributed by atoms with Crippen LogP contribution in [-0.4, -0.2) is 30.3 Å². The quantitative estimate of drug-likeness (QED) is 0.727. The second kappa shape index (κ2) is 7.37. The van der Waals surface area contributed by atoms with Crippen LogP contribution in [0.25, 0.3) is 6.08 Å². The van der Waals surface area contributed by atoms with Crippen molar-refractivity contribution in [3.05, 3.63) is 40.4 Å². The van der Waals surface area contributed by atoms with Crippen LogP contribution in [0.2, 0.25) is 0 Å². The van der Waals surface area contributed by atoms with Crippen LogP contribution in [0.4, 0.5) is 0 Å². The summed E-state index contributed by atoms with van der Waals surface area (Å²) in [5.41, 5.74) is 0.740. The highest BCUT2D eigenvalue weighted by Gasteiger charge is 2.28. The Kier molecular flexibility index (Phi) is 5.77. The van der Waals surface area contributed by atoms with E-state index in [4.69, 9.17) is 0 Å². The molecule has 1 aromatic carbocycles. The molecule has 0 aliphatic carbocycles. The molecule has 0 amide bonds. The molecule has 1 heterocycles. The fourth-order valence-electron chi connectivity index (χ4n) is 2.73. The van der Waals surface area contributed by atoms with Crippen LogP contribution in [-0.2, 0) is 4.79 Å². The summed E-state index contributed by atoms with van der Waals surface area (Å²) in [4.78, 5) is 14.9. The summed E-state index contributed by atoms with van der Waals surface area (Å²) in [6, 6.07) is 7.99. The van der Waals surface area contributed by atoms with Crippen molar-refractivity contribution >= 4 is 27.8 Å². The molecule has 0 unspecified atom stereocenters. The van der Waals surface area contributed by atoms with Gasteiger partial charge in [-0.25, -0.2) is 0 Å². The normalized spacial score (nSPS) is 17.3. The van der Waals surface area contributed by atoms with Gasteiger partial charge in [0.2, 0.25) is 0 Å². The average Bonchev–Trinajstić information content (AvgIpc) is 2.47. The fraction of sp³-hybridized carbons (Fsp3) is 0.500. The van der Waals surface area contributed by atoms with Gasteiger partial charge in [-0.2, -0.15) is 0 Å². The number of piperidine rings is 1. The van der Waals surface area contributed by atoms with E-state index in [-0.39, 0.29) is 11.2 Å². The van der Waals surface area contributed by atoms with Crippen molar-refractivity contribution in [1.29, 1.82) is 0 Å². The van der Waals surface area contributed by atoms with E-state index in [1.54, 1.807) is 6.08 Å². The van der Waals surface area contributed by atoms with Crippen LogP contribution in [0.5, 0.6) is 0 Å². The molecule has 0 aromatic heterocycles. The highest BCUT2D eigenvalue weighted by atomic mass is 79.9. The summed E-state index contributed by atoms with van der Waals surface area (Å²) in [6.07, 6.45) is 7.49. The molecule has 0 bridgehead atoms. The molecule has 3 heteroatoms. The lowest BCUT2D eigenvalue weighted by Crippen LogP contribution is -2.41. The maximum absolute atomic E-state index is 12.5. The lowest BCUT2D eigenvalue weighted by Gasteiger charge is -2.33. The number of benzene rings is 1. The van der Waals surface area contributed by atoms with Crippen LogP contribution in [0, 0.1) is 5.41 Å². The van der Waals surface area contributed by atoms with Gasteiger partial charge in [-0.05, 0) is 49.7 Å². The number of carbonyl (C=O) groups excluding carboxylic acids is 1. The third kappa shape index (κ3) is 5.08. The largest absolute Gasteiger partial charge is 0.302 e. The van der Waals surface area contributed by atoms with Gasteiger partial charge in [0.1, 0.15) is 0 Å². The van der Waals surface area contributed by atoms with Gasteiger partial charge in [-0.1, -0.05) is 54.4 Å². The number of hydrogen-bond acceptors (Lipinski definition) is 2. The van der Waals surface area contributed by atoms with E-state index < -0.39 is 0 Å². The summed E-state index contributed by atoms with van der Waals surface area (Å²) in [5.74, 6) is 0.205. The number of nitrogens with zero attached hydrogens (tertiary/aromatic N) is 1. The van der Waals surface area contributed by atoms with Crippen molar-refractivity contribution in [3.8, 4) is 0 Å². The van der Waals surface area contributed by atoms with E-state index in [9.17, 15) is 4.79 Å². The van der Waals surface area contributed by atoms with Crippen molar-refractivity contribution in [1.82, 2.24) is 4.90 Å². The van der Waals surface area contributed by atoms with Gasteiger partial charge in [-0.15, -0.1) is 0 Å². The van der Waals surface area contributed by atoms with E-state index in [0.29, 0.717) is 0 Å². The first kappa shape index (κ1) is 16.4. The molecule has 2 nitrogen and oxygen atoms in total. The molecule has 0 saturated carbocycles. The molecule has 1 aliphatic rings. The minimum atomic E-state index is -0.316. The van der Waals surface area contributed by atoms with E-state index >= 15 is 0 Å². The van der Waals surface area contributed by atoms with Crippen LogP contribution in [0.3, 0.4) is 0 Å². The number of rotatable bonds is 5. The van der Waals surface area contributed by atoms with Crippen molar-refractivity contribution < 1.29 is 4.79 Å². The summed E-state index contributed by atoms with van der Waals surface area (Å²) in [5, 5.41) is 0. The number of allylic oxidation sites excluding steroid dienone is 1. The zero-order chi connectivity index (χ0) is 15.3. The third-order valence-corrected chi connectivity index (χ3v) is 4.56. The van der Waals surface area contributed by atoms with Crippen LogP contribution in [0.1, 0.15) is 38.7 Å². The Bertz CT molecular complexity index is 498. The van der Waals surface area contributed by atoms with Gasteiger partial charge >= 0.3 is 0 Å². The Labute approximate surface area is 136 Å². The number of hydrogen-bond donors (Lipinski definition) is 0. The molecule has 1 aromatic rings. The maximum Gasteiger partial charge on any atom is 0.162 e. The van der Waals surface area contributed by atoms with Crippen LogP contribution < -0.4 is 0 Å². The zero-order valence-electron chi connectivity index (χ0n) is 12.9. The lowest BCUT2D eigenvalue weighted by atomic mass is 9.86. The van der Waals surface area contributed by atoms with Gasteiger partial charge < -0.3 is 4.90 Å². The first-order valence-electron chi connectivity index (χ1n) is 7.68. The Morgan fingerprint density at radius 2 is 1.81 bits per heavy atom. The predicted octanol–water partition coefficient (Wildman–Crippen LogP) is 4.54. The minimum absolute atomic E-state index is 0.205. The van der Waals surface area contributed by atoms with Crippen LogP contribution >= 0.6 is 15.9 Å². The zero-order valence-corrected chi connectivity index (χ0v) is 14.5. The van der Waals surface area contributed by atoms with Gasteiger partial charge in [0.05, 0.1) is 0 Å². The van der Waals surface area contributed by atoms with E-state index in [1.807, 2.05) is 30.3 Å². The van der Waals surface area contributed by atoms with Gasteiger partial charge in [0, 0.05) is 16.4 Å². The number of ketones is 1. The Morgan fingerprint density at radius 3 is 2.43 bits per heavy atom. The van der Waals surface area contributed by atoms with E-state index in [1.165, 1.54) is 19.3 Å². The predicted molar refractivity (Wildman–Crippen MR) is 92.3 cm³/mol. The minimum Gasteiger partial charge on any atom is -0.302 e. The van der Waals surface area contributed by atoms with E-state index in [0.717, 1.165) is 29.7 Å². The highest BCUT2D eigenvalue weighted by Crippen LogP contribution is 2.22. The maximum atomic E-state index is 12.5. The molecule has 1 aliphatic heterocycles. The molecule has 114 valence electrons. The highest BCUT2D eigenvalue weighted by molar-refractivity contribution is 9.10. The molecule has 1 saturated heterocycles. The molecule has 2 rings (SSSR count). The Morgan fingerprint density at radius 1 is 1.19 bits per heavy atom. The van der Waals surface area contributed by atoms with Crippen molar-refractivity contribution in [3.63, 3.8) is 0 Å². The Hall–Kier alpha value is -0.930. The summed E-state index contributed by atoms with van der Waals surface area (Å²) in [6.45, 7) is 7.22. The summed E-state index contributed by atoms with van der Waals surface area (Å²) in [7, 11) is 0. The first-order valence-corrected chi connectivity index (χ1v) is 8.47. The summed E-state index contributed by atoms with van der Waals surface area (Å²) < 4.78 is 1.05. The molecule has 0 N–H and O–H groups in total. The van der Waals surface area contributed by atoms with Gasteiger partial charge in [0.15, 0.2) is 5.78 Å². The number of halogens is 1. The van der Waals surface area contributed by atoms with Crippen LogP contribution in [0.15, 0.2) is 34.8 Å². The first-order chi connectivity index (χ1) is 9.97. The average molecular weight is 350 g/mol. The second-order valence-corrected chi connectivity index (χ2v) is 7.39. The van der Waals surface area contributed by atoms with Crippen molar-refractivity contribution in [2.75, 3.05) is 19.6 Å². The summed E-state index contributed by atoms with van der Waals surface area (Å²) >= 11 is 3.42. The number of likely N-dealkylation sites (tertiary alicyclic amines) is 1. The monoisotopic (exact) mass is 349 g/mol. The molecule has 0 spiro atoms. The smallest absolute Gasteiger partial charge is 0.162 e. The SMILES string of the molecule is CC(C)(CN1CCCCC1)C(=O)/C=C\c1ccc(Br)cc1. The van der Waals surface area contributed by atoms with Crippen molar-refractivity contribution in [2.24, 2.45) is 5.41 Å². The molecular formula is C18H24BrNO. The molecule has 0 atom stereocenters. The topological polar surface area (TPSA) is 20.3 Å². The molecular weight excluding hydrogens is 326 g/mol. The molecule has 1 fully saturated rings. The molecule has 21 heavy (non-hydrogen) atoms. The fourth-order valence-corrected chi connectivity index (χ4v) is 2.99. The van der Waals surface area contributed by atoms with Gasteiger partial charge in [0.25, 0.3) is 0 Å². The second-order valence-electron chi connectivity index (χ2n) is 6.47. The lowest BCUT2D eigenvalue weighted by molar-refractivity contribution is -0.123. The van der Waals surface area contributed by atoms with Crippen molar-refractivity contribution in [2.45, 2.75) is 33.1 Å². The molecule has 0 radical (unpaired) electrons.